The van der Waals surface area contributed by atoms with Gasteiger partial charge >= 0.3 is 5.97 Å². The van der Waals surface area contributed by atoms with Crippen molar-refractivity contribution in [1.29, 1.82) is 0 Å². The van der Waals surface area contributed by atoms with Crippen molar-refractivity contribution in [2.45, 2.75) is 25.0 Å². The maximum absolute atomic E-state index is 12.5. The van der Waals surface area contributed by atoms with Gasteiger partial charge in [0.2, 0.25) is 5.91 Å². The van der Waals surface area contributed by atoms with Crippen LogP contribution >= 0.6 is 11.6 Å². The molecule has 1 N–H and O–H groups in total. The van der Waals surface area contributed by atoms with Crippen molar-refractivity contribution in [3.63, 3.8) is 0 Å². The minimum absolute atomic E-state index is 0.0109. The highest BCUT2D eigenvalue weighted by Crippen LogP contribution is 2.29. The van der Waals surface area contributed by atoms with Gasteiger partial charge in [0, 0.05) is 30.7 Å². The molecule has 0 radical (unpaired) electrons. The molecule has 1 aliphatic rings. The van der Waals surface area contributed by atoms with Crippen LogP contribution in [0.3, 0.4) is 0 Å². The molecular formula is C15H18ClNO5. The molecular weight excluding hydrogens is 310 g/mol. The van der Waals surface area contributed by atoms with E-state index in [0.29, 0.717) is 16.3 Å². The van der Waals surface area contributed by atoms with Crippen LogP contribution in [0.2, 0.25) is 5.02 Å². The van der Waals surface area contributed by atoms with Gasteiger partial charge in [0.15, 0.2) is 0 Å². The zero-order chi connectivity index (χ0) is 16.3. The van der Waals surface area contributed by atoms with E-state index in [1.54, 1.807) is 18.2 Å². The van der Waals surface area contributed by atoms with Crippen LogP contribution in [0, 0.1) is 0 Å². The number of ether oxygens (including phenoxy) is 2. The van der Waals surface area contributed by atoms with Gasteiger partial charge in [0.05, 0.1) is 19.6 Å². The first kappa shape index (κ1) is 16.6. The van der Waals surface area contributed by atoms with E-state index < -0.39 is 12.0 Å². The highest BCUT2D eigenvalue weighted by atomic mass is 35.5. The Morgan fingerprint density at radius 3 is 2.73 bits per heavy atom. The van der Waals surface area contributed by atoms with Gasteiger partial charge in [-0.05, 0) is 12.1 Å². The Bertz CT molecular complexity index is 577. The molecule has 1 amide bonds. The molecule has 2 atom stereocenters. The Balaban J connectivity index is 2.20. The van der Waals surface area contributed by atoms with Crippen molar-refractivity contribution < 1.29 is 24.2 Å². The fraction of sp³-hybridized carbons (Fsp3) is 0.467. The SMILES string of the molecule is COc1cccc(Cl)c1CC(=O)N1CC(OC)CC1C(=O)O. The lowest BCUT2D eigenvalue weighted by Gasteiger charge is -2.22. The molecule has 1 fully saturated rings. The number of rotatable bonds is 5. The van der Waals surface area contributed by atoms with Crippen LogP contribution in [-0.4, -0.2) is 54.8 Å². The molecule has 1 saturated heterocycles. The number of halogens is 1. The fourth-order valence-corrected chi connectivity index (χ4v) is 2.87. The van der Waals surface area contributed by atoms with Crippen LogP contribution in [0.25, 0.3) is 0 Å². The van der Waals surface area contributed by atoms with E-state index in [2.05, 4.69) is 0 Å². The van der Waals surface area contributed by atoms with Crippen LogP contribution < -0.4 is 4.74 Å². The topological polar surface area (TPSA) is 76.1 Å². The van der Waals surface area contributed by atoms with Crippen molar-refractivity contribution in [2.75, 3.05) is 20.8 Å². The highest BCUT2D eigenvalue weighted by molar-refractivity contribution is 6.31. The van der Waals surface area contributed by atoms with Crippen molar-refractivity contribution in [2.24, 2.45) is 0 Å². The zero-order valence-electron chi connectivity index (χ0n) is 12.4. The first-order valence-corrected chi connectivity index (χ1v) is 7.22. The number of hydrogen-bond donors (Lipinski definition) is 1. The number of carboxylic acids is 1. The Morgan fingerprint density at radius 2 is 2.14 bits per heavy atom. The van der Waals surface area contributed by atoms with E-state index in [-0.39, 0.29) is 31.4 Å². The lowest BCUT2D eigenvalue weighted by molar-refractivity contribution is -0.148. The quantitative estimate of drug-likeness (QED) is 0.888. The number of nitrogens with zero attached hydrogens (tertiary/aromatic N) is 1. The lowest BCUT2D eigenvalue weighted by atomic mass is 10.1. The summed E-state index contributed by atoms with van der Waals surface area (Å²) in [5.41, 5.74) is 0.557. The normalized spacial score (nSPS) is 21.0. The highest BCUT2D eigenvalue weighted by Gasteiger charge is 2.39. The second-order valence-corrected chi connectivity index (χ2v) is 5.50. The van der Waals surface area contributed by atoms with Gasteiger partial charge in [-0.2, -0.15) is 0 Å². The van der Waals surface area contributed by atoms with Crippen molar-refractivity contribution in [1.82, 2.24) is 4.90 Å². The summed E-state index contributed by atoms with van der Waals surface area (Å²) in [5, 5.41) is 9.69. The molecule has 7 heteroatoms. The molecule has 2 unspecified atom stereocenters. The van der Waals surface area contributed by atoms with E-state index in [9.17, 15) is 14.7 Å². The molecule has 1 aromatic rings. The maximum atomic E-state index is 12.5. The molecule has 22 heavy (non-hydrogen) atoms. The Hall–Kier alpha value is -1.79. The van der Waals surface area contributed by atoms with Gasteiger partial charge in [-0.25, -0.2) is 4.79 Å². The number of carbonyl (C=O) groups is 2. The van der Waals surface area contributed by atoms with Gasteiger partial charge < -0.3 is 19.5 Å². The molecule has 2 rings (SSSR count). The number of benzene rings is 1. The number of methoxy groups -OCH3 is 2. The molecule has 0 aliphatic carbocycles. The van der Waals surface area contributed by atoms with Crippen LogP contribution in [-0.2, 0) is 20.7 Å². The first-order chi connectivity index (χ1) is 10.5. The van der Waals surface area contributed by atoms with E-state index in [0.717, 1.165) is 0 Å². The third-order valence-corrected chi connectivity index (χ3v) is 4.18. The van der Waals surface area contributed by atoms with Crippen molar-refractivity contribution in [3.05, 3.63) is 28.8 Å². The summed E-state index contributed by atoms with van der Waals surface area (Å²) in [6, 6.07) is 4.24. The van der Waals surface area contributed by atoms with E-state index in [1.807, 2.05) is 0 Å². The second kappa shape index (κ2) is 6.98. The molecule has 1 aliphatic heterocycles. The fourth-order valence-electron chi connectivity index (χ4n) is 2.63. The van der Waals surface area contributed by atoms with Gasteiger partial charge in [0.1, 0.15) is 11.8 Å². The number of likely N-dealkylation sites (tertiary alicyclic amines) is 1. The second-order valence-electron chi connectivity index (χ2n) is 5.09. The molecule has 0 bridgehead atoms. The predicted molar refractivity (Wildman–Crippen MR) is 80.3 cm³/mol. The molecule has 120 valence electrons. The standard InChI is InChI=1S/C15H18ClNO5/c1-21-9-6-12(15(19)20)17(8-9)14(18)7-10-11(16)4-3-5-13(10)22-2/h3-5,9,12H,6-8H2,1-2H3,(H,19,20). The minimum Gasteiger partial charge on any atom is -0.496 e. The summed E-state index contributed by atoms with van der Waals surface area (Å²) in [7, 11) is 3.01. The van der Waals surface area contributed by atoms with Gasteiger partial charge in [-0.15, -0.1) is 0 Å². The Kier molecular flexibility index (Phi) is 5.26. The maximum Gasteiger partial charge on any atom is 0.326 e. The lowest BCUT2D eigenvalue weighted by Crippen LogP contribution is -2.41. The average Bonchev–Trinajstić information content (AvgIpc) is 2.94. The number of carbonyl (C=O) groups excluding carboxylic acids is 1. The average molecular weight is 328 g/mol. The Labute approximate surface area is 133 Å². The zero-order valence-corrected chi connectivity index (χ0v) is 13.2. The molecule has 6 nitrogen and oxygen atoms in total. The first-order valence-electron chi connectivity index (χ1n) is 6.84. The molecule has 1 aromatic carbocycles. The van der Waals surface area contributed by atoms with Gasteiger partial charge in [-0.1, -0.05) is 17.7 Å². The van der Waals surface area contributed by atoms with Crippen LogP contribution in [0.15, 0.2) is 18.2 Å². The summed E-state index contributed by atoms with van der Waals surface area (Å²) >= 11 is 6.12. The predicted octanol–water partition coefficient (Wildman–Crippen LogP) is 1.59. The third-order valence-electron chi connectivity index (χ3n) is 3.83. The molecule has 0 aromatic heterocycles. The Morgan fingerprint density at radius 1 is 1.41 bits per heavy atom. The van der Waals surface area contributed by atoms with E-state index >= 15 is 0 Å². The van der Waals surface area contributed by atoms with E-state index in [4.69, 9.17) is 21.1 Å². The summed E-state index contributed by atoms with van der Waals surface area (Å²) in [4.78, 5) is 25.2. The molecule has 0 spiro atoms. The van der Waals surface area contributed by atoms with Crippen LogP contribution in [0.5, 0.6) is 5.75 Å². The summed E-state index contributed by atoms with van der Waals surface area (Å²) in [6.45, 7) is 0.263. The minimum atomic E-state index is -1.03. The van der Waals surface area contributed by atoms with Crippen LogP contribution in [0.4, 0.5) is 0 Å². The molecule has 1 heterocycles. The monoisotopic (exact) mass is 327 g/mol. The smallest absolute Gasteiger partial charge is 0.326 e. The number of carboxylic acid groups (broad SMARTS) is 1. The summed E-state index contributed by atoms with van der Waals surface area (Å²) in [5.74, 6) is -0.826. The summed E-state index contributed by atoms with van der Waals surface area (Å²) < 4.78 is 10.4. The number of hydrogen-bond acceptors (Lipinski definition) is 4. The largest absolute Gasteiger partial charge is 0.496 e. The third kappa shape index (κ3) is 3.34. The van der Waals surface area contributed by atoms with Crippen molar-refractivity contribution in [3.8, 4) is 5.75 Å². The number of amides is 1. The van der Waals surface area contributed by atoms with E-state index in [1.165, 1.54) is 19.1 Å². The molecule has 0 saturated carbocycles. The van der Waals surface area contributed by atoms with Gasteiger partial charge in [0.25, 0.3) is 0 Å². The van der Waals surface area contributed by atoms with Crippen LogP contribution in [0.1, 0.15) is 12.0 Å². The van der Waals surface area contributed by atoms with Crippen molar-refractivity contribution >= 4 is 23.5 Å². The summed E-state index contributed by atoms with van der Waals surface area (Å²) in [6.07, 6.45) is 0.0125. The number of aliphatic carboxylic acids is 1. The van der Waals surface area contributed by atoms with Gasteiger partial charge in [-0.3, -0.25) is 4.79 Å².